The highest BCUT2D eigenvalue weighted by molar-refractivity contribution is 6.32. The van der Waals surface area contributed by atoms with Crippen LogP contribution in [0.25, 0.3) is 0 Å². The van der Waals surface area contributed by atoms with Crippen molar-refractivity contribution in [1.29, 1.82) is 5.26 Å². The largest absolute Gasteiger partial charge is 0.493 e. The van der Waals surface area contributed by atoms with Crippen molar-refractivity contribution >= 4 is 29.7 Å². The Kier molecular flexibility index (Phi) is 7.79. The number of nitriles is 1. The lowest BCUT2D eigenvalue weighted by Gasteiger charge is -2.13. The van der Waals surface area contributed by atoms with E-state index < -0.39 is 17.7 Å². The third-order valence-corrected chi connectivity index (χ3v) is 4.81. The van der Waals surface area contributed by atoms with E-state index in [2.05, 4.69) is 10.5 Å². The number of amides is 1. The number of hydrogen-bond acceptors (Lipinski definition) is 6. The number of nitrogens with zero attached hydrogens (tertiary/aromatic N) is 2. The Bertz CT molecular complexity index is 1320. The van der Waals surface area contributed by atoms with E-state index in [9.17, 15) is 14.0 Å². The summed E-state index contributed by atoms with van der Waals surface area (Å²) in [4.78, 5) is 23.3. The minimum atomic E-state index is -1.05. The third kappa shape index (κ3) is 5.88. The zero-order valence-corrected chi connectivity index (χ0v) is 18.5. The lowest BCUT2D eigenvalue weighted by Crippen LogP contribution is -2.19. The Balaban J connectivity index is 1.71. The summed E-state index contributed by atoms with van der Waals surface area (Å²) in [5.41, 5.74) is 3.26. The monoisotopic (exact) mass is 481 g/mol. The van der Waals surface area contributed by atoms with Crippen molar-refractivity contribution in [2.45, 2.75) is 6.61 Å². The van der Waals surface area contributed by atoms with Crippen molar-refractivity contribution in [3.63, 3.8) is 0 Å². The number of hydrogen-bond donors (Lipinski definition) is 2. The van der Waals surface area contributed by atoms with E-state index >= 15 is 0 Å². The number of aromatic carboxylic acids is 1. The molecule has 10 heteroatoms. The van der Waals surface area contributed by atoms with Gasteiger partial charge < -0.3 is 14.6 Å². The molecule has 0 bridgehead atoms. The van der Waals surface area contributed by atoms with E-state index in [-0.39, 0.29) is 39.8 Å². The molecule has 0 fully saturated rings. The maximum Gasteiger partial charge on any atom is 0.335 e. The number of carbonyl (C=O) groups is 2. The van der Waals surface area contributed by atoms with Crippen molar-refractivity contribution in [2.75, 3.05) is 7.11 Å². The zero-order valence-electron chi connectivity index (χ0n) is 17.7. The Hall–Kier alpha value is -4.42. The predicted octanol–water partition coefficient (Wildman–Crippen LogP) is 4.40. The number of carbonyl (C=O) groups excluding carboxylic acids is 1. The molecule has 0 saturated heterocycles. The zero-order chi connectivity index (χ0) is 24.7. The highest BCUT2D eigenvalue weighted by Crippen LogP contribution is 2.36. The van der Waals surface area contributed by atoms with Crippen molar-refractivity contribution in [2.24, 2.45) is 5.10 Å². The topological polar surface area (TPSA) is 121 Å². The molecule has 3 aromatic carbocycles. The fourth-order valence-corrected chi connectivity index (χ4v) is 3.17. The van der Waals surface area contributed by atoms with Crippen molar-refractivity contribution in [1.82, 2.24) is 5.43 Å². The minimum Gasteiger partial charge on any atom is -0.493 e. The summed E-state index contributed by atoms with van der Waals surface area (Å²) in [5, 5.41) is 21.9. The lowest BCUT2D eigenvalue weighted by atomic mass is 10.1. The maximum absolute atomic E-state index is 13.9. The van der Waals surface area contributed by atoms with Gasteiger partial charge in [0, 0.05) is 0 Å². The Labute approximate surface area is 198 Å². The molecule has 0 unspecified atom stereocenters. The van der Waals surface area contributed by atoms with Gasteiger partial charge in [0.05, 0.1) is 41.1 Å². The van der Waals surface area contributed by atoms with Crippen LogP contribution in [0.2, 0.25) is 5.02 Å². The first kappa shape index (κ1) is 24.2. The Morgan fingerprint density at radius 3 is 2.71 bits per heavy atom. The molecule has 0 aliphatic rings. The van der Waals surface area contributed by atoms with Gasteiger partial charge in [0.25, 0.3) is 5.91 Å². The summed E-state index contributed by atoms with van der Waals surface area (Å²) in [7, 11) is 1.42. The van der Waals surface area contributed by atoms with Gasteiger partial charge in [-0.15, -0.1) is 0 Å². The normalized spacial score (nSPS) is 10.5. The van der Waals surface area contributed by atoms with Crippen LogP contribution in [0.3, 0.4) is 0 Å². The molecule has 0 aliphatic heterocycles. The molecule has 3 aromatic rings. The third-order valence-electron chi connectivity index (χ3n) is 4.53. The fraction of sp³-hybridized carbons (Fsp3) is 0.0833. The minimum absolute atomic E-state index is 0.0524. The van der Waals surface area contributed by atoms with Crippen molar-refractivity contribution < 1.29 is 28.6 Å². The maximum atomic E-state index is 13.9. The quantitative estimate of drug-likeness (QED) is 0.363. The van der Waals surface area contributed by atoms with Gasteiger partial charge in [0.15, 0.2) is 11.5 Å². The van der Waals surface area contributed by atoms with Gasteiger partial charge in [-0.05, 0) is 53.6 Å². The molecule has 8 nitrogen and oxygen atoms in total. The molecule has 0 radical (unpaired) electrons. The summed E-state index contributed by atoms with van der Waals surface area (Å²) >= 11 is 6.32. The van der Waals surface area contributed by atoms with E-state index in [1.54, 1.807) is 24.3 Å². The molecule has 0 atom stereocenters. The molecule has 0 aromatic heterocycles. The van der Waals surface area contributed by atoms with E-state index in [0.717, 1.165) is 6.07 Å². The van der Waals surface area contributed by atoms with Gasteiger partial charge in [-0.1, -0.05) is 23.7 Å². The number of carboxylic acids is 1. The summed E-state index contributed by atoms with van der Waals surface area (Å²) in [6, 6.07) is 14.6. The smallest absolute Gasteiger partial charge is 0.335 e. The van der Waals surface area contributed by atoms with Crippen molar-refractivity contribution in [3.05, 3.63) is 93.3 Å². The van der Waals surface area contributed by atoms with Crippen LogP contribution in [0, 0.1) is 17.1 Å². The highest BCUT2D eigenvalue weighted by Gasteiger charge is 2.14. The summed E-state index contributed by atoms with van der Waals surface area (Å²) in [6.45, 7) is 0.0524. The van der Waals surface area contributed by atoms with Crippen molar-refractivity contribution in [3.8, 4) is 17.6 Å². The lowest BCUT2D eigenvalue weighted by molar-refractivity contribution is 0.0696. The molecule has 0 aliphatic carbocycles. The fourth-order valence-electron chi connectivity index (χ4n) is 2.90. The van der Waals surface area contributed by atoms with E-state index in [4.69, 9.17) is 31.4 Å². The second-order valence-corrected chi connectivity index (χ2v) is 7.24. The number of ether oxygens (including phenoxy) is 2. The first-order valence-corrected chi connectivity index (χ1v) is 10.1. The number of rotatable bonds is 8. The van der Waals surface area contributed by atoms with E-state index in [0.29, 0.717) is 11.1 Å². The second-order valence-electron chi connectivity index (χ2n) is 6.83. The number of carboxylic acid groups (broad SMARTS) is 1. The number of benzene rings is 3. The van der Waals surface area contributed by atoms with Crippen LogP contribution in [-0.2, 0) is 6.61 Å². The van der Waals surface area contributed by atoms with E-state index in [1.807, 2.05) is 0 Å². The number of hydrazone groups is 1. The van der Waals surface area contributed by atoms with Gasteiger partial charge in [-0.25, -0.2) is 14.6 Å². The van der Waals surface area contributed by atoms with Crippen LogP contribution in [0.1, 0.15) is 37.4 Å². The van der Waals surface area contributed by atoms with Crippen LogP contribution in [0.5, 0.6) is 11.5 Å². The predicted molar refractivity (Wildman–Crippen MR) is 122 cm³/mol. The van der Waals surface area contributed by atoms with Crippen LogP contribution >= 0.6 is 11.6 Å². The molecular formula is C24H17ClFN3O5. The van der Waals surface area contributed by atoms with Gasteiger partial charge >= 0.3 is 5.97 Å². The number of methoxy groups -OCH3 is 1. The van der Waals surface area contributed by atoms with Gasteiger partial charge in [-0.3, -0.25) is 4.79 Å². The molecule has 2 N–H and O–H groups in total. The number of nitrogens with one attached hydrogen (secondary N) is 1. The summed E-state index contributed by atoms with van der Waals surface area (Å²) in [5.74, 6) is -2.15. The molecule has 0 spiro atoms. The van der Waals surface area contributed by atoms with Crippen LogP contribution in [-0.4, -0.2) is 30.3 Å². The SMILES string of the molecule is COc1cc(/C=N\NC(=O)c2ccc(C#N)cc2F)cc(Cl)c1OCc1cccc(C(=O)O)c1. The molecule has 0 heterocycles. The van der Waals surface area contributed by atoms with Crippen LogP contribution < -0.4 is 14.9 Å². The highest BCUT2D eigenvalue weighted by atomic mass is 35.5. The van der Waals surface area contributed by atoms with E-state index in [1.165, 1.54) is 43.7 Å². The molecule has 172 valence electrons. The molecule has 34 heavy (non-hydrogen) atoms. The Morgan fingerprint density at radius 2 is 2.03 bits per heavy atom. The second kappa shape index (κ2) is 10.9. The average Bonchev–Trinajstić information content (AvgIpc) is 2.82. The van der Waals surface area contributed by atoms with Gasteiger partial charge in [0.2, 0.25) is 0 Å². The Morgan fingerprint density at radius 1 is 1.24 bits per heavy atom. The molecule has 1 amide bonds. The molecule has 0 saturated carbocycles. The van der Waals surface area contributed by atoms with Crippen LogP contribution in [0.4, 0.5) is 4.39 Å². The summed E-state index contributed by atoms with van der Waals surface area (Å²) < 4.78 is 25.0. The van der Waals surface area contributed by atoms with Gasteiger partial charge in [-0.2, -0.15) is 10.4 Å². The van der Waals surface area contributed by atoms with Crippen LogP contribution in [0.15, 0.2) is 59.7 Å². The summed E-state index contributed by atoms with van der Waals surface area (Å²) in [6.07, 6.45) is 1.29. The number of halogens is 2. The van der Waals surface area contributed by atoms with Gasteiger partial charge in [0.1, 0.15) is 12.4 Å². The molecular weight excluding hydrogens is 465 g/mol. The first-order chi connectivity index (χ1) is 16.3. The average molecular weight is 482 g/mol. The first-order valence-electron chi connectivity index (χ1n) is 9.68. The molecule has 3 rings (SSSR count). The standard InChI is InChI=1S/C24H17ClFN3O5/c1-33-21-10-16(12-28-29-23(30)18-6-5-14(11-27)9-20(18)26)8-19(25)22(21)34-13-15-3-2-4-17(7-15)24(31)32/h2-10,12H,13H2,1H3,(H,29,30)(H,31,32)/b28-12-.